The lowest BCUT2D eigenvalue weighted by atomic mass is 10.1. The zero-order valence-corrected chi connectivity index (χ0v) is 9.13. The van der Waals surface area contributed by atoms with Gasteiger partial charge in [0.2, 0.25) is 0 Å². The molecule has 0 radical (unpaired) electrons. The quantitative estimate of drug-likeness (QED) is 0.798. The molecular formula is C10H12N4S. The average Bonchev–Trinajstić information content (AvgIpc) is 2.83. The topological polar surface area (TPSA) is 56.7 Å². The molecule has 2 N–H and O–H groups in total. The summed E-state index contributed by atoms with van der Waals surface area (Å²) >= 11 is 1.63. The number of anilines is 1. The van der Waals surface area contributed by atoms with Crippen molar-refractivity contribution in [2.75, 3.05) is 5.73 Å². The van der Waals surface area contributed by atoms with Crippen molar-refractivity contribution in [1.82, 2.24) is 14.8 Å². The van der Waals surface area contributed by atoms with E-state index in [1.165, 1.54) is 12.8 Å². The predicted octanol–water partition coefficient (Wildman–Crippen LogP) is 1.93. The molecular weight excluding hydrogens is 208 g/mol. The highest BCUT2D eigenvalue weighted by Crippen LogP contribution is 2.31. The number of nitrogen functional groups attached to an aromatic ring is 1. The maximum Gasteiger partial charge on any atom is 0.176 e. The lowest BCUT2D eigenvalue weighted by Gasteiger charge is -2.14. The standard InChI is InChI=1S/C10H12N4S/c11-7-4-6-15-9(7)10-13-12-8-3-1-2-5-14(8)10/h4,6H,1-3,5,11H2. The molecule has 0 saturated carbocycles. The van der Waals surface area contributed by atoms with Crippen molar-refractivity contribution in [3.05, 3.63) is 17.3 Å². The average molecular weight is 220 g/mol. The summed E-state index contributed by atoms with van der Waals surface area (Å²) in [5, 5.41) is 10.5. The Kier molecular flexibility index (Phi) is 1.98. The number of hydrogen-bond acceptors (Lipinski definition) is 4. The number of nitrogens with zero attached hydrogens (tertiary/aromatic N) is 3. The number of thiophene rings is 1. The number of aryl methyl sites for hydroxylation is 1. The zero-order chi connectivity index (χ0) is 10.3. The minimum atomic E-state index is 0.806. The Balaban J connectivity index is 2.13. The Morgan fingerprint density at radius 3 is 3.07 bits per heavy atom. The van der Waals surface area contributed by atoms with Gasteiger partial charge in [0.15, 0.2) is 5.82 Å². The molecule has 0 fully saturated rings. The van der Waals surface area contributed by atoms with Gasteiger partial charge in [0.25, 0.3) is 0 Å². The van der Waals surface area contributed by atoms with Crippen molar-refractivity contribution in [2.45, 2.75) is 25.8 Å². The normalized spacial score (nSPS) is 15.2. The third-order valence-electron chi connectivity index (χ3n) is 2.76. The molecule has 5 heteroatoms. The summed E-state index contributed by atoms with van der Waals surface area (Å²) in [5.74, 6) is 2.04. The van der Waals surface area contributed by atoms with E-state index in [0.29, 0.717) is 0 Å². The van der Waals surface area contributed by atoms with E-state index in [-0.39, 0.29) is 0 Å². The molecule has 4 nitrogen and oxygen atoms in total. The maximum atomic E-state index is 5.89. The molecule has 15 heavy (non-hydrogen) atoms. The van der Waals surface area contributed by atoms with Crippen LogP contribution in [-0.2, 0) is 13.0 Å². The summed E-state index contributed by atoms with van der Waals surface area (Å²) in [6.07, 6.45) is 3.47. The van der Waals surface area contributed by atoms with Crippen LogP contribution in [0, 0.1) is 0 Å². The molecule has 0 atom stereocenters. The molecule has 1 aliphatic heterocycles. The molecule has 0 spiro atoms. The molecule has 2 aromatic rings. The van der Waals surface area contributed by atoms with Gasteiger partial charge >= 0.3 is 0 Å². The highest BCUT2D eigenvalue weighted by atomic mass is 32.1. The van der Waals surface area contributed by atoms with E-state index < -0.39 is 0 Å². The lowest BCUT2D eigenvalue weighted by molar-refractivity contribution is 0.526. The fraction of sp³-hybridized carbons (Fsp3) is 0.400. The van der Waals surface area contributed by atoms with E-state index in [1.54, 1.807) is 11.3 Å². The first-order chi connectivity index (χ1) is 7.36. The van der Waals surface area contributed by atoms with Crippen LogP contribution in [0.3, 0.4) is 0 Å². The SMILES string of the molecule is Nc1ccsc1-c1nnc2n1CCCC2. The molecule has 3 heterocycles. The Morgan fingerprint density at radius 1 is 1.33 bits per heavy atom. The van der Waals surface area contributed by atoms with Crippen molar-refractivity contribution in [2.24, 2.45) is 0 Å². The summed E-state index contributed by atoms with van der Waals surface area (Å²) < 4.78 is 2.20. The first kappa shape index (κ1) is 8.91. The van der Waals surface area contributed by atoms with Gasteiger partial charge in [0, 0.05) is 13.0 Å². The zero-order valence-electron chi connectivity index (χ0n) is 8.31. The van der Waals surface area contributed by atoms with Gasteiger partial charge in [0.1, 0.15) is 5.82 Å². The van der Waals surface area contributed by atoms with Crippen LogP contribution in [0.1, 0.15) is 18.7 Å². The van der Waals surface area contributed by atoms with Crippen LogP contribution in [0.25, 0.3) is 10.7 Å². The minimum absolute atomic E-state index is 0.806. The largest absolute Gasteiger partial charge is 0.397 e. The Morgan fingerprint density at radius 2 is 2.27 bits per heavy atom. The van der Waals surface area contributed by atoms with E-state index in [9.17, 15) is 0 Å². The number of rotatable bonds is 1. The van der Waals surface area contributed by atoms with Gasteiger partial charge in [-0.2, -0.15) is 0 Å². The summed E-state index contributed by atoms with van der Waals surface area (Å²) in [4.78, 5) is 1.05. The summed E-state index contributed by atoms with van der Waals surface area (Å²) in [6, 6.07) is 1.92. The molecule has 1 aliphatic rings. The van der Waals surface area contributed by atoms with E-state index in [0.717, 1.165) is 35.2 Å². The van der Waals surface area contributed by atoms with Gasteiger partial charge < -0.3 is 10.3 Å². The predicted molar refractivity (Wildman–Crippen MR) is 60.7 cm³/mol. The fourth-order valence-corrected chi connectivity index (χ4v) is 2.79. The highest BCUT2D eigenvalue weighted by Gasteiger charge is 2.18. The van der Waals surface area contributed by atoms with Crippen molar-refractivity contribution < 1.29 is 0 Å². The van der Waals surface area contributed by atoms with Gasteiger partial charge in [0.05, 0.1) is 10.6 Å². The van der Waals surface area contributed by atoms with Crippen molar-refractivity contribution in [3.8, 4) is 10.7 Å². The van der Waals surface area contributed by atoms with Crippen LogP contribution in [0.5, 0.6) is 0 Å². The van der Waals surface area contributed by atoms with E-state index in [1.807, 2.05) is 11.4 Å². The van der Waals surface area contributed by atoms with Gasteiger partial charge in [-0.05, 0) is 24.3 Å². The van der Waals surface area contributed by atoms with Crippen LogP contribution in [0.4, 0.5) is 5.69 Å². The molecule has 3 rings (SSSR count). The fourth-order valence-electron chi connectivity index (χ4n) is 1.98. The Bertz CT molecular complexity index is 485. The molecule has 0 amide bonds. The van der Waals surface area contributed by atoms with Crippen LogP contribution in [0.15, 0.2) is 11.4 Å². The molecule has 0 aromatic carbocycles. The third kappa shape index (κ3) is 1.34. The number of hydrogen-bond donors (Lipinski definition) is 1. The molecule has 0 unspecified atom stereocenters. The van der Waals surface area contributed by atoms with Gasteiger partial charge in [-0.1, -0.05) is 0 Å². The summed E-state index contributed by atoms with van der Waals surface area (Å²) in [6.45, 7) is 1.02. The van der Waals surface area contributed by atoms with Crippen molar-refractivity contribution >= 4 is 17.0 Å². The first-order valence-electron chi connectivity index (χ1n) is 5.11. The van der Waals surface area contributed by atoms with Gasteiger partial charge in [-0.3, -0.25) is 0 Å². The van der Waals surface area contributed by atoms with E-state index in [2.05, 4.69) is 14.8 Å². The smallest absolute Gasteiger partial charge is 0.176 e. The number of nitrogens with two attached hydrogens (primary N) is 1. The van der Waals surface area contributed by atoms with Gasteiger partial charge in [-0.25, -0.2) is 0 Å². The van der Waals surface area contributed by atoms with Gasteiger partial charge in [-0.15, -0.1) is 21.5 Å². The molecule has 2 aromatic heterocycles. The third-order valence-corrected chi connectivity index (χ3v) is 3.68. The van der Waals surface area contributed by atoms with Crippen LogP contribution in [-0.4, -0.2) is 14.8 Å². The molecule has 78 valence electrons. The van der Waals surface area contributed by atoms with Crippen LogP contribution < -0.4 is 5.73 Å². The monoisotopic (exact) mass is 220 g/mol. The molecule has 0 bridgehead atoms. The molecule has 0 saturated heterocycles. The maximum absolute atomic E-state index is 5.89. The molecule has 0 aliphatic carbocycles. The van der Waals surface area contributed by atoms with Crippen LogP contribution >= 0.6 is 11.3 Å². The van der Waals surface area contributed by atoms with E-state index in [4.69, 9.17) is 5.73 Å². The number of aromatic nitrogens is 3. The van der Waals surface area contributed by atoms with E-state index >= 15 is 0 Å². The van der Waals surface area contributed by atoms with Crippen molar-refractivity contribution in [1.29, 1.82) is 0 Å². The minimum Gasteiger partial charge on any atom is -0.397 e. The van der Waals surface area contributed by atoms with Crippen molar-refractivity contribution in [3.63, 3.8) is 0 Å². The Labute approximate surface area is 91.7 Å². The summed E-state index contributed by atoms with van der Waals surface area (Å²) in [7, 11) is 0. The highest BCUT2D eigenvalue weighted by molar-refractivity contribution is 7.14. The number of fused-ring (bicyclic) bond motifs is 1. The first-order valence-corrected chi connectivity index (χ1v) is 5.99. The second-order valence-corrected chi connectivity index (χ2v) is 4.67. The second-order valence-electron chi connectivity index (χ2n) is 3.75. The van der Waals surface area contributed by atoms with Crippen LogP contribution in [0.2, 0.25) is 0 Å². The Hall–Kier alpha value is -1.36. The second kappa shape index (κ2) is 3.34. The summed E-state index contributed by atoms with van der Waals surface area (Å²) in [5.41, 5.74) is 6.70. The lowest BCUT2D eigenvalue weighted by Crippen LogP contribution is -2.11.